The summed E-state index contributed by atoms with van der Waals surface area (Å²) in [6.07, 6.45) is 3.65. The summed E-state index contributed by atoms with van der Waals surface area (Å²) in [6, 6.07) is 18.9. The number of rotatable bonds is 4. The van der Waals surface area contributed by atoms with Gasteiger partial charge in [0.25, 0.3) is 5.69 Å². The largest absolute Gasteiger partial charge is 0.496 e. The van der Waals surface area contributed by atoms with E-state index in [0.29, 0.717) is 22.8 Å². The van der Waals surface area contributed by atoms with Crippen molar-refractivity contribution in [1.29, 1.82) is 0 Å². The number of isocyanates is 1. The van der Waals surface area contributed by atoms with Gasteiger partial charge in [0.05, 0.1) is 12.6 Å². The number of hydrogen-bond acceptors (Lipinski definition) is 5. The van der Waals surface area contributed by atoms with Crippen LogP contribution in [0.1, 0.15) is 34.6 Å². The van der Waals surface area contributed by atoms with Gasteiger partial charge in [0.15, 0.2) is 5.52 Å². The number of anilines is 2. The molecule has 0 unspecified atom stereocenters. The average molecular weight is 466 g/mol. The highest BCUT2D eigenvalue weighted by Gasteiger charge is 2.31. The molecule has 1 amide bonds. The topological polar surface area (TPSA) is 78.3 Å². The van der Waals surface area contributed by atoms with Crippen LogP contribution in [0.2, 0.25) is 0 Å². The molecule has 2 heterocycles. The Hall–Kier alpha value is -4.48. The number of ether oxygens (including phenoxy) is 1. The Kier molecular flexibility index (Phi) is 5.77. The second kappa shape index (κ2) is 9.05. The summed E-state index contributed by atoms with van der Waals surface area (Å²) < 4.78 is 6.57. The minimum absolute atomic E-state index is 0.261. The first-order valence-corrected chi connectivity index (χ1v) is 11.4. The number of para-hydroxylation sites is 2. The van der Waals surface area contributed by atoms with Crippen LogP contribution in [0.4, 0.5) is 17.1 Å². The number of allylic oxidation sites excluding steroid dienone is 1. The summed E-state index contributed by atoms with van der Waals surface area (Å²) in [6.45, 7) is 6.87. The van der Waals surface area contributed by atoms with E-state index < -0.39 is 5.91 Å². The van der Waals surface area contributed by atoms with Gasteiger partial charge in [-0.05, 0) is 54.2 Å². The Labute approximate surface area is 203 Å². The maximum Gasteiger partial charge on any atom is 0.440 e. The number of methoxy groups -OCH3 is 1. The number of nitrogens with one attached hydrogen (secondary N) is 1. The highest BCUT2D eigenvalue weighted by atomic mass is 16.5. The van der Waals surface area contributed by atoms with E-state index in [4.69, 9.17) is 4.74 Å². The Balaban J connectivity index is 1.56. The van der Waals surface area contributed by atoms with Crippen LogP contribution in [-0.4, -0.2) is 40.2 Å². The number of benzene rings is 3. The lowest BCUT2D eigenvalue weighted by molar-refractivity contribution is -0.330. The smallest absolute Gasteiger partial charge is 0.440 e. The molecular formula is C28H25N4O3+. The van der Waals surface area contributed by atoms with E-state index in [0.717, 1.165) is 52.0 Å². The second-order valence-corrected chi connectivity index (χ2v) is 8.49. The van der Waals surface area contributed by atoms with E-state index in [-0.39, 0.29) is 5.56 Å². The highest BCUT2D eigenvalue weighted by molar-refractivity contribution is 5.97. The predicted molar refractivity (Wildman–Crippen MR) is 135 cm³/mol. The van der Waals surface area contributed by atoms with Crippen LogP contribution >= 0.6 is 0 Å². The minimum Gasteiger partial charge on any atom is -0.496 e. The van der Waals surface area contributed by atoms with Gasteiger partial charge in [-0.15, -0.1) is 0 Å². The lowest BCUT2D eigenvalue weighted by Crippen LogP contribution is -2.20. The summed E-state index contributed by atoms with van der Waals surface area (Å²) in [4.78, 5) is 35.3. The standard InChI is InChI=1S/C28H25N4O3/c1-18-8-7-15-31(24-11-5-4-9-21(18)24)20-13-14-22(26(16-20)35-3)28(34)32(17-33)25-12-6-10-23-27(25)30-19(2)29-23/h4-6,9-14,16H,1,7-8,15H2,2-3H3,(H,29,30)/q+1. The fraction of sp³-hybridized carbons (Fsp3) is 0.179. The zero-order valence-corrected chi connectivity index (χ0v) is 19.7. The van der Waals surface area contributed by atoms with Gasteiger partial charge >= 0.3 is 12.0 Å². The lowest BCUT2D eigenvalue weighted by atomic mass is 10.0. The van der Waals surface area contributed by atoms with Gasteiger partial charge in [0.2, 0.25) is 0 Å². The maximum absolute atomic E-state index is 13.5. The van der Waals surface area contributed by atoms with Crippen molar-refractivity contribution in [3.8, 4) is 5.75 Å². The molecule has 0 saturated heterocycles. The number of hydrogen-bond donors (Lipinski definition) is 1. The van der Waals surface area contributed by atoms with Gasteiger partial charge in [-0.1, -0.05) is 30.8 Å². The number of aromatic amines is 1. The molecule has 4 aromatic rings. The van der Waals surface area contributed by atoms with Gasteiger partial charge in [0.1, 0.15) is 17.1 Å². The Morgan fingerprint density at radius 2 is 2.00 bits per heavy atom. The Morgan fingerprint density at radius 1 is 1.17 bits per heavy atom. The number of nitrogens with zero attached hydrogens (tertiary/aromatic N) is 3. The first-order valence-electron chi connectivity index (χ1n) is 11.4. The van der Waals surface area contributed by atoms with Gasteiger partial charge in [-0.2, -0.15) is 4.79 Å². The molecule has 0 saturated carbocycles. The van der Waals surface area contributed by atoms with Gasteiger partial charge in [-0.25, -0.2) is 9.78 Å². The van der Waals surface area contributed by atoms with Crippen molar-refractivity contribution < 1.29 is 18.9 Å². The SMILES string of the molecule is C=C1CCCN(c2ccc(C(=O)[N+](=C=O)c3cccc4[nH]c(C)nc34)c(OC)c2)c2ccccc21. The van der Waals surface area contributed by atoms with Crippen molar-refractivity contribution in [2.24, 2.45) is 0 Å². The van der Waals surface area contributed by atoms with E-state index >= 15 is 0 Å². The lowest BCUT2D eigenvalue weighted by Gasteiger charge is -2.25. The number of fused-ring (bicyclic) bond motifs is 2. The van der Waals surface area contributed by atoms with Crippen molar-refractivity contribution in [2.75, 3.05) is 18.6 Å². The van der Waals surface area contributed by atoms with Gasteiger partial charge < -0.3 is 14.6 Å². The molecule has 1 N–H and O–H groups in total. The van der Waals surface area contributed by atoms with Crippen LogP contribution in [0.5, 0.6) is 5.75 Å². The number of amides is 1. The van der Waals surface area contributed by atoms with Gasteiger partial charge in [-0.3, -0.25) is 0 Å². The van der Waals surface area contributed by atoms with E-state index in [1.807, 2.05) is 37.3 Å². The van der Waals surface area contributed by atoms with Crippen molar-refractivity contribution in [3.05, 3.63) is 84.2 Å². The van der Waals surface area contributed by atoms with E-state index in [1.54, 1.807) is 24.3 Å². The third-order valence-electron chi connectivity index (χ3n) is 6.31. The number of carbonyl (C=O) groups is 1. The zero-order valence-electron chi connectivity index (χ0n) is 19.7. The van der Waals surface area contributed by atoms with E-state index in [9.17, 15) is 9.59 Å². The monoisotopic (exact) mass is 465 g/mol. The molecule has 3 aromatic carbocycles. The molecule has 0 aliphatic carbocycles. The Bertz CT molecular complexity index is 1530. The van der Waals surface area contributed by atoms with Crippen molar-refractivity contribution in [1.82, 2.24) is 9.97 Å². The average Bonchev–Trinajstić information content (AvgIpc) is 3.19. The maximum atomic E-state index is 13.5. The second-order valence-electron chi connectivity index (χ2n) is 8.49. The normalized spacial score (nSPS) is 13.2. The molecule has 174 valence electrons. The third kappa shape index (κ3) is 3.92. The number of H-pyrrole nitrogens is 1. The molecule has 1 aromatic heterocycles. The first-order chi connectivity index (χ1) is 17.0. The molecule has 1 aliphatic rings. The van der Waals surface area contributed by atoms with Crippen molar-refractivity contribution >= 4 is 45.7 Å². The molecule has 0 bridgehead atoms. The summed E-state index contributed by atoms with van der Waals surface area (Å²) in [5.74, 6) is 0.521. The van der Waals surface area contributed by atoms with Crippen LogP contribution < -0.4 is 9.64 Å². The number of aromatic nitrogens is 2. The summed E-state index contributed by atoms with van der Waals surface area (Å²) >= 11 is 0. The van der Waals surface area contributed by atoms with Crippen molar-refractivity contribution in [3.63, 3.8) is 0 Å². The van der Waals surface area contributed by atoms with Crippen molar-refractivity contribution in [2.45, 2.75) is 19.8 Å². The Morgan fingerprint density at radius 3 is 2.80 bits per heavy atom. The molecule has 7 nitrogen and oxygen atoms in total. The molecule has 0 radical (unpaired) electrons. The van der Waals surface area contributed by atoms with Crippen LogP contribution in [0.25, 0.3) is 16.6 Å². The quantitative estimate of drug-likeness (QED) is 0.240. The first kappa shape index (κ1) is 22.3. The van der Waals surface area contributed by atoms with Crippen LogP contribution in [-0.2, 0) is 4.79 Å². The number of aryl methyl sites for hydroxylation is 1. The number of imidazole rings is 1. The fourth-order valence-electron chi connectivity index (χ4n) is 4.65. The molecule has 0 fully saturated rings. The third-order valence-corrected chi connectivity index (χ3v) is 6.31. The minimum atomic E-state index is -0.541. The van der Waals surface area contributed by atoms with Crippen LogP contribution in [0, 0.1) is 6.92 Å². The van der Waals surface area contributed by atoms with E-state index in [2.05, 4.69) is 33.6 Å². The fourth-order valence-corrected chi connectivity index (χ4v) is 4.65. The molecule has 1 aliphatic heterocycles. The summed E-state index contributed by atoms with van der Waals surface area (Å²) in [7, 11) is 1.51. The van der Waals surface area contributed by atoms with E-state index in [1.165, 1.54) is 7.11 Å². The molecular weight excluding hydrogens is 440 g/mol. The zero-order chi connectivity index (χ0) is 24.5. The predicted octanol–water partition coefficient (Wildman–Crippen LogP) is 5.65. The molecule has 0 atom stereocenters. The molecule has 0 spiro atoms. The molecule has 35 heavy (non-hydrogen) atoms. The highest BCUT2D eigenvalue weighted by Crippen LogP contribution is 2.39. The summed E-state index contributed by atoms with van der Waals surface area (Å²) in [5, 5.41) is 0. The molecule has 5 rings (SSSR count). The van der Waals surface area contributed by atoms with Gasteiger partial charge in [0, 0.05) is 35.6 Å². The number of carbonyl (C=O) groups excluding carboxylic acids is 2. The molecule has 7 heteroatoms. The van der Waals surface area contributed by atoms with Crippen LogP contribution in [0.15, 0.2) is 67.2 Å². The summed E-state index contributed by atoms with van der Waals surface area (Å²) in [5.41, 5.74) is 6.08. The van der Waals surface area contributed by atoms with Crippen LogP contribution in [0.3, 0.4) is 0 Å².